The van der Waals surface area contributed by atoms with Gasteiger partial charge in [0.15, 0.2) is 15.5 Å². The molecule has 0 atom stereocenters. The number of hydrogen-bond acceptors (Lipinski definition) is 7. The molecule has 2 heterocycles. The van der Waals surface area contributed by atoms with Crippen molar-refractivity contribution in [3.63, 3.8) is 0 Å². The van der Waals surface area contributed by atoms with Crippen molar-refractivity contribution < 1.29 is 0 Å². The molecule has 2 aromatic heterocycles. The van der Waals surface area contributed by atoms with E-state index in [1.807, 2.05) is 0 Å². The molecule has 0 spiro atoms. The fourth-order valence-electron chi connectivity index (χ4n) is 1.02. The van der Waals surface area contributed by atoms with E-state index in [4.69, 9.17) is 34.7 Å². The molecule has 9 heteroatoms. The van der Waals surface area contributed by atoms with Crippen molar-refractivity contribution in [1.29, 1.82) is 0 Å². The lowest BCUT2D eigenvalue weighted by Crippen LogP contribution is -1.99. The summed E-state index contributed by atoms with van der Waals surface area (Å²) >= 11 is 12.7. The van der Waals surface area contributed by atoms with Gasteiger partial charge in [0.25, 0.3) is 0 Å². The van der Waals surface area contributed by atoms with Gasteiger partial charge in [-0.1, -0.05) is 23.2 Å². The molecule has 0 aliphatic heterocycles. The van der Waals surface area contributed by atoms with E-state index in [1.54, 1.807) is 6.07 Å². The Balaban J connectivity index is 2.34. The summed E-state index contributed by atoms with van der Waals surface area (Å²) in [6, 6.07) is 3.02. The number of nitrogens with two attached hydrogens (primary N) is 2. The molecule has 6 nitrogen and oxygen atoms in total. The average molecular weight is 289 g/mol. The summed E-state index contributed by atoms with van der Waals surface area (Å²) < 4.78 is 0. The van der Waals surface area contributed by atoms with Crippen LogP contribution < -0.4 is 11.5 Å². The van der Waals surface area contributed by atoms with Gasteiger partial charge in [0, 0.05) is 6.07 Å². The van der Waals surface area contributed by atoms with Gasteiger partial charge in [0.1, 0.15) is 11.6 Å². The minimum atomic E-state index is 0.212. The first-order valence-corrected chi connectivity index (χ1v) is 5.88. The molecule has 0 saturated heterocycles. The third-order valence-corrected chi connectivity index (χ3v) is 3.11. The van der Waals surface area contributed by atoms with E-state index in [2.05, 4.69) is 20.2 Å². The lowest BCUT2D eigenvalue weighted by molar-refractivity contribution is 0.970. The molecule has 88 valence electrons. The first kappa shape index (κ1) is 12.2. The van der Waals surface area contributed by atoms with Crippen molar-refractivity contribution in [2.75, 3.05) is 11.5 Å². The van der Waals surface area contributed by atoms with Crippen LogP contribution in [-0.2, 0) is 0 Å². The molecule has 0 bridgehead atoms. The average Bonchev–Trinajstić information content (AvgIpc) is 2.22. The Morgan fingerprint density at radius 1 is 1.00 bits per heavy atom. The summed E-state index contributed by atoms with van der Waals surface area (Å²) in [6.45, 7) is 0. The standard InChI is InChI=1S/C8H6Cl2N6S/c9-4-1-3(7(10)16-15-4)17-8-13-5(11)2-6(12)14-8/h1-2H,(H4,11,12,13,14). The summed E-state index contributed by atoms with van der Waals surface area (Å²) in [4.78, 5) is 8.58. The normalized spacial score (nSPS) is 10.5. The number of anilines is 2. The van der Waals surface area contributed by atoms with E-state index in [1.165, 1.54) is 6.07 Å². The molecular weight excluding hydrogens is 283 g/mol. The van der Waals surface area contributed by atoms with Crippen LogP contribution in [0.4, 0.5) is 11.6 Å². The van der Waals surface area contributed by atoms with Gasteiger partial charge >= 0.3 is 0 Å². The molecule has 17 heavy (non-hydrogen) atoms. The van der Waals surface area contributed by atoms with Crippen molar-refractivity contribution in [1.82, 2.24) is 20.2 Å². The van der Waals surface area contributed by atoms with Crippen LogP contribution in [0.3, 0.4) is 0 Å². The highest BCUT2D eigenvalue weighted by atomic mass is 35.5. The molecule has 0 unspecified atom stereocenters. The van der Waals surface area contributed by atoms with Crippen LogP contribution in [0.5, 0.6) is 0 Å². The smallest absolute Gasteiger partial charge is 0.196 e. The maximum Gasteiger partial charge on any atom is 0.196 e. The second-order valence-electron chi connectivity index (χ2n) is 2.92. The fraction of sp³-hybridized carbons (Fsp3) is 0. The fourth-order valence-corrected chi connectivity index (χ4v) is 2.23. The van der Waals surface area contributed by atoms with Crippen LogP contribution in [0.15, 0.2) is 22.2 Å². The second-order valence-corrected chi connectivity index (χ2v) is 4.68. The zero-order valence-corrected chi connectivity index (χ0v) is 10.6. The van der Waals surface area contributed by atoms with Gasteiger partial charge in [-0.05, 0) is 17.8 Å². The molecule has 0 fully saturated rings. The van der Waals surface area contributed by atoms with Gasteiger partial charge in [-0.15, -0.1) is 10.2 Å². The number of aromatic nitrogens is 4. The molecule has 0 saturated carbocycles. The molecule has 0 aliphatic carbocycles. The molecular formula is C8H6Cl2N6S. The SMILES string of the molecule is Nc1cc(N)nc(Sc2cc(Cl)nnc2Cl)n1. The van der Waals surface area contributed by atoms with Gasteiger partial charge in [-0.3, -0.25) is 0 Å². The molecule has 2 aromatic rings. The molecule has 2 rings (SSSR count). The van der Waals surface area contributed by atoms with Gasteiger partial charge in [-0.25, -0.2) is 9.97 Å². The Kier molecular flexibility index (Phi) is 3.51. The summed E-state index contributed by atoms with van der Waals surface area (Å²) in [5.74, 6) is 0.563. The van der Waals surface area contributed by atoms with E-state index in [0.717, 1.165) is 11.8 Å². The highest BCUT2D eigenvalue weighted by Crippen LogP contribution is 2.31. The summed E-state index contributed by atoms with van der Waals surface area (Å²) in [5, 5.41) is 8.07. The summed E-state index contributed by atoms with van der Waals surface area (Å²) in [6.07, 6.45) is 0. The van der Waals surface area contributed by atoms with Gasteiger partial charge in [-0.2, -0.15) is 0 Å². The van der Waals surface area contributed by atoms with E-state index < -0.39 is 0 Å². The Labute approximate surface area is 111 Å². The van der Waals surface area contributed by atoms with Crippen LogP contribution in [-0.4, -0.2) is 20.2 Å². The number of nitrogen functional groups attached to an aromatic ring is 2. The maximum atomic E-state index is 5.85. The van der Waals surface area contributed by atoms with Crippen LogP contribution in [0.2, 0.25) is 10.3 Å². The van der Waals surface area contributed by atoms with E-state index >= 15 is 0 Å². The van der Waals surface area contributed by atoms with Gasteiger partial charge < -0.3 is 11.5 Å². The second kappa shape index (κ2) is 4.91. The zero-order chi connectivity index (χ0) is 12.4. The van der Waals surface area contributed by atoms with Gasteiger partial charge in [0.05, 0.1) is 4.90 Å². The monoisotopic (exact) mass is 288 g/mol. The Bertz CT molecular complexity index is 543. The minimum absolute atomic E-state index is 0.212. The lowest BCUT2D eigenvalue weighted by Gasteiger charge is -2.03. The largest absolute Gasteiger partial charge is 0.383 e. The van der Waals surface area contributed by atoms with Crippen molar-refractivity contribution in [3.8, 4) is 0 Å². The molecule has 0 aliphatic rings. The molecule has 0 radical (unpaired) electrons. The lowest BCUT2D eigenvalue weighted by atomic mass is 10.5. The first-order chi connectivity index (χ1) is 8.04. The third kappa shape index (κ3) is 3.09. The maximum absolute atomic E-state index is 5.85. The topological polar surface area (TPSA) is 104 Å². The van der Waals surface area contributed by atoms with Crippen molar-refractivity contribution in [2.45, 2.75) is 10.1 Å². The summed E-state index contributed by atoms with van der Waals surface area (Å²) in [7, 11) is 0. The third-order valence-electron chi connectivity index (χ3n) is 1.63. The predicted octanol–water partition coefficient (Wildman–Crippen LogP) is 1.89. The van der Waals surface area contributed by atoms with Gasteiger partial charge in [0.2, 0.25) is 0 Å². The van der Waals surface area contributed by atoms with Crippen molar-refractivity contribution >= 4 is 46.6 Å². The van der Waals surface area contributed by atoms with E-state index in [-0.39, 0.29) is 21.9 Å². The van der Waals surface area contributed by atoms with Crippen LogP contribution >= 0.6 is 35.0 Å². The molecule has 0 aromatic carbocycles. The quantitative estimate of drug-likeness (QED) is 0.813. The van der Waals surface area contributed by atoms with E-state index in [0.29, 0.717) is 10.1 Å². The Morgan fingerprint density at radius 3 is 2.29 bits per heavy atom. The van der Waals surface area contributed by atoms with Crippen molar-refractivity contribution in [3.05, 3.63) is 22.4 Å². The zero-order valence-electron chi connectivity index (χ0n) is 8.26. The van der Waals surface area contributed by atoms with E-state index in [9.17, 15) is 0 Å². The number of hydrogen-bond donors (Lipinski definition) is 2. The number of halogens is 2. The van der Waals surface area contributed by atoms with Crippen LogP contribution in [0, 0.1) is 0 Å². The number of rotatable bonds is 2. The Hall–Kier alpha value is -1.31. The predicted molar refractivity (Wildman–Crippen MR) is 67.0 cm³/mol. The Morgan fingerprint density at radius 2 is 1.65 bits per heavy atom. The minimum Gasteiger partial charge on any atom is -0.383 e. The van der Waals surface area contributed by atoms with Crippen LogP contribution in [0.25, 0.3) is 0 Å². The first-order valence-electron chi connectivity index (χ1n) is 4.31. The van der Waals surface area contributed by atoms with Crippen molar-refractivity contribution in [2.24, 2.45) is 0 Å². The van der Waals surface area contributed by atoms with Crippen LogP contribution in [0.1, 0.15) is 0 Å². The molecule has 0 amide bonds. The summed E-state index contributed by atoms with van der Waals surface area (Å²) in [5.41, 5.74) is 11.1. The highest BCUT2D eigenvalue weighted by Gasteiger charge is 2.09. The number of nitrogens with zero attached hydrogens (tertiary/aromatic N) is 4. The highest BCUT2D eigenvalue weighted by molar-refractivity contribution is 7.99. The molecule has 4 N–H and O–H groups in total.